The van der Waals surface area contributed by atoms with E-state index in [1.54, 1.807) is 5.38 Å². The van der Waals surface area contributed by atoms with Gasteiger partial charge in [-0.05, 0) is 35.7 Å². The fourth-order valence-electron chi connectivity index (χ4n) is 1.49. The molecule has 8 heteroatoms. The molecule has 0 unspecified atom stereocenters. The Morgan fingerprint density at radius 3 is 2.45 bits per heavy atom. The lowest BCUT2D eigenvalue weighted by Crippen LogP contribution is -2.16. The molecular formula is C12H9N3O3S2. The van der Waals surface area contributed by atoms with E-state index in [1.165, 1.54) is 30.3 Å². The van der Waals surface area contributed by atoms with E-state index in [9.17, 15) is 13.2 Å². The molecule has 0 bridgehead atoms. The van der Waals surface area contributed by atoms with Gasteiger partial charge in [0.05, 0.1) is 22.2 Å². The summed E-state index contributed by atoms with van der Waals surface area (Å²) in [5.74, 6) is -0.697. The zero-order valence-corrected chi connectivity index (χ0v) is 11.7. The van der Waals surface area contributed by atoms with E-state index in [0.717, 1.165) is 11.3 Å². The van der Waals surface area contributed by atoms with Crippen molar-refractivity contribution in [3.05, 3.63) is 46.2 Å². The van der Waals surface area contributed by atoms with Crippen LogP contribution in [-0.2, 0) is 10.0 Å². The Hall–Kier alpha value is -2.37. The van der Waals surface area contributed by atoms with Crippen LogP contribution in [0.4, 0.5) is 5.69 Å². The largest absolute Gasteiger partial charge is 0.365 e. The topological polar surface area (TPSA) is 113 Å². The van der Waals surface area contributed by atoms with Gasteiger partial charge in [0.1, 0.15) is 4.88 Å². The van der Waals surface area contributed by atoms with Crippen molar-refractivity contribution in [2.75, 3.05) is 4.72 Å². The SMILES string of the molecule is N#Cc1ccc(S(=O)(=O)Nc2ccsc2C(N)=O)cc1. The van der Waals surface area contributed by atoms with Crippen LogP contribution in [-0.4, -0.2) is 14.3 Å². The number of thiophene rings is 1. The van der Waals surface area contributed by atoms with Gasteiger partial charge in [0, 0.05) is 0 Å². The summed E-state index contributed by atoms with van der Waals surface area (Å²) in [6, 6.07) is 8.80. The maximum atomic E-state index is 12.1. The minimum Gasteiger partial charge on any atom is -0.365 e. The highest BCUT2D eigenvalue weighted by Crippen LogP contribution is 2.24. The van der Waals surface area contributed by atoms with Crippen molar-refractivity contribution in [1.29, 1.82) is 5.26 Å². The fraction of sp³-hybridized carbons (Fsp3) is 0. The molecule has 0 fully saturated rings. The first kappa shape index (κ1) is 14.0. The van der Waals surface area contributed by atoms with Crippen LogP contribution >= 0.6 is 11.3 Å². The Bertz CT molecular complexity index is 786. The maximum absolute atomic E-state index is 12.1. The molecule has 0 aliphatic rings. The minimum absolute atomic E-state index is 0.00174. The van der Waals surface area contributed by atoms with Gasteiger partial charge in [0.2, 0.25) is 0 Å². The molecule has 2 aromatic rings. The molecule has 0 aliphatic carbocycles. The van der Waals surface area contributed by atoms with Gasteiger partial charge >= 0.3 is 0 Å². The van der Waals surface area contributed by atoms with Crippen LogP contribution in [0.15, 0.2) is 40.6 Å². The van der Waals surface area contributed by atoms with E-state index in [4.69, 9.17) is 11.0 Å². The quantitative estimate of drug-likeness (QED) is 0.891. The minimum atomic E-state index is -3.82. The number of carbonyl (C=O) groups is 1. The van der Waals surface area contributed by atoms with Gasteiger partial charge in [-0.25, -0.2) is 8.42 Å². The van der Waals surface area contributed by atoms with Crippen LogP contribution in [0.1, 0.15) is 15.2 Å². The van der Waals surface area contributed by atoms with E-state index in [-0.39, 0.29) is 15.5 Å². The lowest BCUT2D eigenvalue weighted by Gasteiger charge is -2.07. The first-order valence-electron chi connectivity index (χ1n) is 5.34. The summed E-state index contributed by atoms with van der Waals surface area (Å²) in [4.78, 5) is 11.3. The monoisotopic (exact) mass is 307 g/mol. The second kappa shape index (κ2) is 5.32. The highest BCUT2D eigenvalue weighted by atomic mass is 32.2. The zero-order chi connectivity index (χ0) is 14.8. The van der Waals surface area contributed by atoms with Crippen LogP contribution in [0.2, 0.25) is 0 Å². The smallest absolute Gasteiger partial charge is 0.261 e. The number of hydrogen-bond acceptors (Lipinski definition) is 5. The van der Waals surface area contributed by atoms with Crippen molar-refractivity contribution in [2.45, 2.75) is 4.90 Å². The number of carbonyl (C=O) groups excluding carboxylic acids is 1. The van der Waals surface area contributed by atoms with Crippen LogP contribution < -0.4 is 10.5 Å². The van der Waals surface area contributed by atoms with Gasteiger partial charge in [-0.3, -0.25) is 9.52 Å². The molecule has 0 radical (unpaired) electrons. The Kier molecular flexibility index (Phi) is 3.74. The number of sulfonamides is 1. The first-order valence-corrected chi connectivity index (χ1v) is 7.70. The second-order valence-electron chi connectivity index (χ2n) is 3.77. The molecule has 0 saturated carbocycles. The molecule has 20 heavy (non-hydrogen) atoms. The number of anilines is 1. The Balaban J connectivity index is 2.33. The second-order valence-corrected chi connectivity index (χ2v) is 6.37. The van der Waals surface area contributed by atoms with E-state index >= 15 is 0 Å². The standard InChI is InChI=1S/C12H9N3O3S2/c13-7-8-1-3-9(4-2-8)20(17,18)15-10-5-6-19-11(10)12(14)16/h1-6,15H,(H2,14,16). The number of nitrogens with one attached hydrogen (secondary N) is 1. The van der Waals surface area contributed by atoms with E-state index in [2.05, 4.69) is 4.72 Å². The molecule has 0 atom stereocenters. The van der Waals surface area contributed by atoms with Crippen LogP contribution in [0, 0.1) is 11.3 Å². The third kappa shape index (κ3) is 2.79. The van der Waals surface area contributed by atoms with Crippen molar-refractivity contribution in [3.8, 4) is 6.07 Å². The Morgan fingerprint density at radius 1 is 1.25 bits per heavy atom. The number of amides is 1. The van der Waals surface area contributed by atoms with Gasteiger partial charge in [-0.15, -0.1) is 11.3 Å². The summed E-state index contributed by atoms with van der Waals surface area (Å²) < 4.78 is 26.6. The summed E-state index contributed by atoms with van der Waals surface area (Å²) in [6.07, 6.45) is 0. The molecule has 0 aliphatic heterocycles. The molecule has 0 saturated heterocycles. The van der Waals surface area contributed by atoms with Gasteiger partial charge in [-0.2, -0.15) is 5.26 Å². The number of nitriles is 1. The normalized spacial score (nSPS) is 10.8. The lowest BCUT2D eigenvalue weighted by atomic mass is 10.2. The predicted molar refractivity (Wildman–Crippen MR) is 74.8 cm³/mol. The van der Waals surface area contributed by atoms with Crippen molar-refractivity contribution < 1.29 is 13.2 Å². The van der Waals surface area contributed by atoms with Crippen molar-refractivity contribution >= 4 is 33.0 Å². The average molecular weight is 307 g/mol. The number of nitrogens with zero attached hydrogens (tertiary/aromatic N) is 1. The molecule has 2 rings (SSSR count). The Labute approximate surface area is 119 Å². The zero-order valence-electron chi connectivity index (χ0n) is 10.0. The summed E-state index contributed by atoms with van der Waals surface area (Å²) in [7, 11) is -3.82. The molecule has 1 amide bonds. The molecule has 102 valence electrons. The van der Waals surface area contributed by atoms with Gasteiger partial charge in [-0.1, -0.05) is 0 Å². The molecule has 3 N–H and O–H groups in total. The summed E-state index contributed by atoms with van der Waals surface area (Å²) in [6.45, 7) is 0. The van der Waals surface area contributed by atoms with Crippen molar-refractivity contribution in [2.24, 2.45) is 5.73 Å². The molecule has 0 spiro atoms. The molecule has 1 heterocycles. The fourth-order valence-corrected chi connectivity index (χ4v) is 3.33. The third-order valence-corrected chi connectivity index (χ3v) is 4.74. The number of nitrogens with two attached hydrogens (primary N) is 1. The number of benzene rings is 1. The highest BCUT2D eigenvalue weighted by molar-refractivity contribution is 7.92. The van der Waals surface area contributed by atoms with E-state index in [0.29, 0.717) is 5.56 Å². The molecular weight excluding hydrogens is 298 g/mol. The summed E-state index contributed by atoms with van der Waals surface area (Å²) in [5.41, 5.74) is 5.66. The molecule has 1 aromatic heterocycles. The highest BCUT2D eigenvalue weighted by Gasteiger charge is 2.18. The molecule has 1 aromatic carbocycles. The van der Waals surface area contributed by atoms with Crippen LogP contribution in [0.5, 0.6) is 0 Å². The van der Waals surface area contributed by atoms with Gasteiger partial charge in [0.25, 0.3) is 15.9 Å². The molecule has 6 nitrogen and oxygen atoms in total. The Morgan fingerprint density at radius 2 is 1.90 bits per heavy atom. The predicted octanol–water partition coefficient (Wildman–Crippen LogP) is 1.52. The first-order chi connectivity index (χ1) is 9.44. The van der Waals surface area contributed by atoms with Gasteiger partial charge in [0.15, 0.2) is 0 Å². The summed E-state index contributed by atoms with van der Waals surface area (Å²) >= 11 is 1.06. The number of rotatable bonds is 4. The third-order valence-electron chi connectivity index (χ3n) is 2.43. The van der Waals surface area contributed by atoms with Crippen LogP contribution in [0.25, 0.3) is 0 Å². The lowest BCUT2D eigenvalue weighted by molar-refractivity contribution is 0.100. The number of primary amides is 1. The average Bonchev–Trinajstić information content (AvgIpc) is 2.86. The summed E-state index contributed by atoms with van der Waals surface area (Å²) in [5, 5.41) is 10.2. The maximum Gasteiger partial charge on any atom is 0.261 e. The van der Waals surface area contributed by atoms with E-state index in [1.807, 2.05) is 6.07 Å². The van der Waals surface area contributed by atoms with Crippen molar-refractivity contribution in [1.82, 2.24) is 0 Å². The van der Waals surface area contributed by atoms with Gasteiger partial charge < -0.3 is 5.73 Å². The van der Waals surface area contributed by atoms with Crippen LogP contribution in [0.3, 0.4) is 0 Å². The van der Waals surface area contributed by atoms with Crippen molar-refractivity contribution in [3.63, 3.8) is 0 Å². The van der Waals surface area contributed by atoms with E-state index < -0.39 is 15.9 Å². The number of hydrogen-bond donors (Lipinski definition) is 2.